The van der Waals surface area contributed by atoms with Crippen LogP contribution in [0.15, 0.2) is 17.1 Å². The standard InChI is InChI=1S/C16H25N3O3.HI/c1-5-17-16(19-12-6-10(12)2)18-9-11-7-13(21-3)15(20)14(8-11)22-4;/h7-8,10,12,20H,5-6,9H2,1-4H3,(H2,17,18,19);1H. The van der Waals surface area contributed by atoms with E-state index in [4.69, 9.17) is 9.47 Å². The number of rotatable bonds is 6. The molecule has 1 saturated carbocycles. The number of phenolic OH excluding ortho intramolecular Hbond substituents is 1. The number of ether oxygens (including phenoxy) is 2. The van der Waals surface area contributed by atoms with Crippen LogP contribution in [0.3, 0.4) is 0 Å². The molecule has 1 fully saturated rings. The molecule has 130 valence electrons. The van der Waals surface area contributed by atoms with Crippen LogP contribution in [0.1, 0.15) is 25.8 Å². The van der Waals surface area contributed by atoms with Gasteiger partial charge in [0.1, 0.15) is 0 Å². The van der Waals surface area contributed by atoms with Crippen LogP contribution in [0.25, 0.3) is 0 Å². The number of aliphatic imine (C=N–C) groups is 1. The zero-order valence-electron chi connectivity index (χ0n) is 14.0. The summed E-state index contributed by atoms with van der Waals surface area (Å²) in [6.07, 6.45) is 1.19. The van der Waals surface area contributed by atoms with Gasteiger partial charge >= 0.3 is 0 Å². The summed E-state index contributed by atoms with van der Waals surface area (Å²) in [5, 5.41) is 16.6. The van der Waals surface area contributed by atoms with E-state index in [0.29, 0.717) is 30.0 Å². The summed E-state index contributed by atoms with van der Waals surface area (Å²) < 4.78 is 10.3. The molecule has 0 spiro atoms. The molecule has 1 aromatic carbocycles. The number of benzene rings is 1. The molecule has 2 rings (SSSR count). The zero-order valence-corrected chi connectivity index (χ0v) is 16.4. The van der Waals surface area contributed by atoms with Crippen molar-refractivity contribution in [2.75, 3.05) is 20.8 Å². The summed E-state index contributed by atoms with van der Waals surface area (Å²) in [5.41, 5.74) is 0.910. The predicted molar refractivity (Wildman–Crippen MR) is 102 cm³/mol. The number of hydrogen-bond acceptors (Lipinski definition) is 4. The molecule has 0 aromatic heterocycles. The van der Waals surface area contributed by atoms with Gasteiger partial charge in [0.15, 0.2) is 17.5 Å². The molecule has 6 nitrogen and oxygen atoms in total. The van der Waals surface area contributed by atoms with Gasteiger partial charge in [0.2, 0.25) is 5.75 Å². The van der Waals surface area contributed by atoms with Crippen molar-refractivity contribution in [3.05, 3.63) is 17.7 Å². The first-order valence-electron chi connectivity index (χ1n) is 7.57. The van der Waals surface area contributed by atoms with Gasteiger partial charge in [-0.05, 0) is 37.0 Å². The number of aromatic hydroxyl groups is 1. The number of nitrogens with zero attached hydrogens (tertiary/aromatic N) is 1. The maximum Gasteiger partial charge on any atom is 0.200 e. The Bertz CT molecular complexity index is 526. The van der Waals surface area contributed by atoms with E-state index >= 15 is 0 Å². The Morgan fingerprint density at radius 1 is 1.30 bits per heavy atom. The minimum Gasteiger partial charge on any atom is -0.502 e. The Morgan fingerprint density at radius 2 is 1.87 bits per heavy atom. The van der Waals surface area contributed by atoms with E-state index in [1.807, 2.05) is 6.92 Å². The second-order valence-electron chi connectivity index (χ2n) is 5.51. The molecule has 1 aliphatic carbocycles. The minimum atomic E-state index is 0. The maximum atomic E-state index is 9.92. The number of phenols is 1. The molecule has 0 radical (unpaired) electrons. The molecular formula is C16H26IN3O3. The third kappa shape index (κ3) is 5.33. The quantitative estimate of drug-likeness (QED) is 0.364. The lowest BCUT2D eigenvalue weighted by Gasteiger charge is -2.12. The van der Waals surface area contributed by atoms with Crippen molar-refractivity contribution in [2.24, 2.45) is 10.9 Å². The van der Waals surface area contributed by atoms with Gasteiger partial charge < -0.3 is 25.2 Å². The lowest BCUT2D eigenvalue weighted by atomic mass is 10.2. The topological polar surface area (TPSA) is 75.1 Å². The Labute approximate surface area is 154 Å². The maximum absolute atomic E-state index is 9.92. The highest BCUT2D eigenvalue weighted by atomic mass is 127. The molecular weight excluding hydrogens is 409 g/mol. The van der Waals surface area contributed by atoms with Crippen molar-refractivity contribution in [3.63, 3.8) is 0 Å². The van der Waals surface area contributed by atoms with Gasteiger partial charge in [-0.25, -0.2) is 4.99 Å². The van der Waals surface area contributed by atoms with Gasteiger partial charge in [-0.1, -0.05) is 6.92 Å². The van der Waals surface area contributed by atoms with Crippen molar-refractivity contribution in [1.82, 2.24) is 10.6 Å². The van der Waals surface area contributed by atoms with Crippen LogP contribution in [0.2, 0.25) is 0 Å². The van der Waals surface area contributed by atoms with E-state index in [2.05, 4.69) is 22.5 Å². The first-order valence-corrected chi connectivity index (χ1v) is 7.57. The summed E-state index contributed by atoms with van der Waals surface area (Å²) in [6, 6.07) is 4.05. The molecule has 2 atom stereocenters. The van der Waals surface area contributed by atoms with E-state index in [1.165, 1.54) is 20.6 Å². The first-order chi connectivity index (χ1) is 10.6. The number of hydrogen-bond donors (Lipinski definition) is 3. The first kappa shape index (κ1) is 19.7. The molecule has 7 heteroatoms. The molecule has 3 N–H and O–H groups in total. The highest BCUT2D eigenvalue weighted by Crippen LogP contribution is 2.37. The summed E-state index contributed by atoms with van der Waals surface area (Å²) in [6.45, 7) is 5.55. The summed E-state index contributed by atoms with van der Waals surface area (Å²) in [4.78, 5) is 4.58. The van der Waals surface area contributed by atoms with E-state index < -0.39 is 0 Å². The van der Waals surface area contributed by atoms with Gasteiger partial charge in [0.05, 0.1) is 20.8 Å². The lowest BCUT2D eigenvalue weighted by molar-refractivity contribution is 0.339. The number of guanidine groups is 1. The summed E-state index contributed by atoms with van der Waals surface area (Å²) in [7, 11) is 3.03. The number of methoxy groups -OCH3 is 2. The van der Waals surface area contributed by atoms with Crippen LogP contribution >= 0.6 is 24.0 Å². The van der Waals surface area contributed by atoms with Crippen LogP contribution < -0.4 is 20.1 Å². The highest BCUT2D eigenvalue weighted by Gasteiger charge is 2.33. The van der Waals surface area contributed by atoms with Gasteiger partial charge in [-0.2, -0.15) is 0 Å². The molecule has 0 amide bonds. The lowest BCUT2D eigenvalue weighted by Crippen LogP contribution is -2.39. The largest absolute Gasteiger partial charge is 0.502 e. The average molecular weight is 435 g/mol. The van der Waals surface area contributed by atoms with Crippen molar-refractivity contribution in [2.45, 2.75) is 32.9 Å². The van der Waals surface area contributed by atoms with E-state index in [0.717, 1.165) is 18.1 Å². The van der Waals surface area contributed by atoms with Crippen LogP contribution in [-0.2, 0) is 6.54 Å². The molecule has 2 unspecified atom stereocenters. The van der Waals surface area contributed by atoms with Crippen molar-refractivity contribution in [3.8, 4) is 17.2 Å². The number of nitrogens with one attached hydrogen (secondary N) is 2. The monoisotopic (exact) mass is 435 g/mol. The van der Waals surface area contributed by atoms with E-state index in [9.17, 15) is 5.11 Å². The third-order valence-corrected chi connectivity index (χ3v) is 3.74. The van der Waals surface area contributed by atoms with Crippen LogP contribution in [0, 0.1) is 5.92 Å². The second-order valence-corrected chi connectivity index (χ2v) is 5.51. The average Bonchev–Trinajstić information content (AvgIpc) is 3.21. The van der Waals surface area contributed by atoms with E-state index in [1.54, 1.807) is 12.1 Å². The summed E-state index contributed by atoms with van der Waals surface area (Å²) >= 11 is 0. The number of halogens is 1. The Hall–Kier alpha value is -1.38. The van der Waals surface area contributed by atoms with Crippen molar-refractivity contribution >= 4 is 29.9 Å². The van der Waals surface area contributed by atoms with Gasteiger partial charge in [0, 0.05) is 12.6 Å². The SMILES string of the molecule is CCNC(=NCc1cc(OC)c(O)c(OC)c1)NC1CC1C.I. The molecule has 23 heavy (non-hydrogen) atoms. The fourth-order valence-electron chi connectivity index (χ4n) is 2.23. The normalized spacial score (nSPS) is 19.6. The second kappa shape index (κ2) is 9.05. The van der Waals surface area contributed by atoms with Crippen LogP contribution in [-0.4, -0.2) is 37.9 Å². The minimum absolute atomic E-state index is 0. The Kier molecular flexibility index (Phi) is 7.74. The van der Waals surface area contributed by atoms with Crippen LogP contribution in [0.4, 0.5) is 0 Å². The van der Waals surface area contributed by atoms with Gasteiger partial charge in [-0.15, -0.1) is 24.0 Å². The van der Waals surface area contributed by atoms with E-state index in [-0.39, 0.29) is 29.7 Å². The summed E-state index contributed by atoms with van der Waals surface area (Å²) in [5.74, 6) is 2.30. The Balaban J connectivity index is 0.00000264. The molecule has 0 saturated heterocycles. The van der Waals surface area contributed by atoms with Crippen molar-refractivity contribution < 1.29 is 14.6 Å². The predicted octanol–water partition coefficient (Wildman–Crippen LogP) is 2.49. The molecule has 0 heterocycles. The molecule has 1 aliphatic rings. The zero-order chi connectivity index (χ0) is 16.1. The van der Waals surface area contributed by atoms with Crippen molar-refractivity contribution in [1.29, 1.82) is 0 Å². The van der Waals surface area contributed by atoms with Crippen LogP contribution in [0.5, 0.6) is 17.2 Å². The smallest absolute Gasteiger partial charge is 0.200 e. The van der Waals surface area contributed by atoms with Gasteiger partial charge in [-0.3, -0.25) is 0 Å². The highest BCUT2D eigenvalue weighted by molar-refractivity contribution is 14.0. The Morgan fingerprint density at radius 3 is 2.30 bits per heavy atom. The molecule has 0 bridgehead atoms. The molecule has 0 aliphatic heterocycles. The third-order valence-electron chi connectivity index (χ3n) is 3.74. The fraction of sp³-hybridized carbons (Fsp3) is 0.562. The van der Waals surface area contributed by atoms with Gasteiger partial charge in [0.25, 0.3) is 0 Å². The molecule has 1 aromatic rings. The fourth-order valence-corrected chi connectivity index (χ4v) is 2.23.